The van der Waals surface area contributed by atoms with E-state index in [2.05, 4.69) is 152 Å². The van der Waals surface area contributed by atoms with Crippen LogP contribution in [0.5, 0.6) is 0 Å². The number of hydrogen-bond donors (Lipinski definition) is 0. The predicted molar refractivity (Wildman–Crippen MR) is 213 cm³/mol. The maximum atomic E-state index is 5.20. The van der Waals surface area contributed by atoms with E-state index < -0.39 is 5.41 Å². The van der Waals surface area contributed by atoms with E-state index in [1.165, 1.54) is 59.5 Å². The summed E-state index contributed by atoms with van der Waals surface area (Å²) in [5.74, 6) is 1.97. The van der Waals surface area contributed by atoms with Gasteiger partial charge in [0.05, 0.1) is 5.41 Å². The molecule has 7 aromatic carbocycles. The second kappa shape index (κ2) is 11.3. The van der Waals surface area contributed by atoms with Gasteiger partial charge in [-0.3, -0.25) is 0 Å². The van der Waals surface area contributed by atoms with Gasteiger partial charge in [-0.05, 0) is 67.6 Å². The first-order chi connectivity index (χ1) is 25.8. The molecule has 0 bridgehead atoms. The summed E-state index contributed by atoms with van der Waals surface area (Å²) in [6, 6.07) is 62.9. The third-order valence-electron chi connectivity index (χ3n) is 10.8. The SMILES string of the molecule is c1ccc(-c2ccc(-c3nc(-c4ccccc4)nc(-c4ccc5c(c4)C4(c6ccccc6-5)c5ccccc5-c5sc6ccccc6c54)n3)cc2)cc1. The van der Waals surface area contributed by atoms with Gasteiger partial charge in [0, 0.05) is 26.3 Å². The van der Waals surface area contributed by atoms with Crippen LogP contribution in [0.4, 0.5) is 0 Å². The molecule has 1 atom stereocenters. The van der Waals surface area contributed by atoms with Crippen molar-refractivity contribution in [3.8, 4) is 66.9 Å². The molecule has 11 rings (SSSR count). The van der Waals surface area contributed by atoms with Crippen LogP contribution >= 0.6 is 11.3 Å². The van der Waals surface area contributed by atoms with Gasteiger partial charge in [0.25, 0.3) is 0 Å². The van der Waals surface area contributed by atoms with Crippen molar-refractivity contribution in [2.45, 2.75) is 5.41 Å². The second-order valence-electron chi connectivity index (χ2n) is 13.5. The van der Waals surface area contributed by atoms with Crippen LogP contribution in [-0.4, -0.2) is 15.0 Å². The summed E-state index contributed by atoms with van der Waals surface area (Å²) in [5, 5.41) is 1.32. The molecule has 9 aromatic rings. The van der Waals surface area contributed by atoms with E-state index >= 15 is 0 Å². The third-order valence-corrected chi connectivity index (χ3v) is 12.0. The summed E-state index contributed by atoms with van der Waals surface area (Å²) >= 11 is 1.91. The Bertz CT molecular complexity index is 2840. The molecule has 2 heterocycles. The highest BCUT2D eigenvalue weighted by Gasteiger charge is 2.53. The topological polar surface area (TPSA) is 38.7 Å². The summed E-state index contributed by atoms with van der Waals surface area (Å²) < 4.78 is 1.32. The van der Waals surface area contributed by atoms with Crippen molar-refractivity contribution < 1.29 is 0 Å². The van der Waals surface area contributed by atoms with E-state index in [4.69, 9.17) is 15.0 Å². The molecule has 0 fully saturated rings. The Morgan fingerprint density at radius 1 is 0.365 bits per heavy atom. The largest absolute Gasteiger partial charge is 0.208 e. The van der Waals surface area contributed by atoms with Crippen LogP contribution in [0.3, 0.4) is 0 Å². The summed E-state index contributed by atoms with van der Waals surface area (Å²) in [6.07, 6.45) is 0. The number of aromatic nitrogens is 3. The number of benzene rings is 7. The zero-order valence-corrected chi connectivity index (χ0v) is 28.8. The molecule has 1 unspecified atom stereocenters. The van der Waals surface area contributed by atoms with Crippen LogP contribution in [0.15, 0.2) is 176 Å². The number of thiophene rings is 1. The first-order valence-electron chi connectivity index (χ1n) is 17.6. The van der Waals surface area contributed by atoms with Crippen LogP contribution in [0.1, 0.15) is 22.3 Å². The molecule has 0 saturated carbocycles. The van der Waals surface area contributed by atoms with E-state index in [0.29, 0.717) is 17.5 Å². The minimum atomic E-state index is -0.459. The van der Waals surface area contributed by atoms with Crippen molar-refractivity contribution in [2.24, 2.45) is 0 Å². The number of fused-ring (bicyclic) bond motifs is 12. The van der Waals surface area contributed by atoms with Crippen molar-refractivity contribution in [1.29, 1.82) is 0 Å². The van der Waals surface area contributed by atoms with Gasteiger partial charge in [0.2, 0.25) is 0 Å². The summed E-state index contributed by atoms with van der Waals surface area (Å²) in [5.41, 5.74) is 13.9. The predicted octanol–water partition coefficient (Wildman–Crippen LogP) is 12.1. The lowest BCUT2D eigenvalue weighted by atomic mass is 9.70. The molecule has 242 valence electrons. The Morgan fingerprint density at radius 3 is 1.58 bits per heavy atom. The molecule has 2 aromatic heterocycles. The van der Waals surface area contributed by atoms with Crippen molar-refractivity contribution >= 4 is 21.4 Å². The highest BCUT2D eigenvalue weighted by molar-refractivity contribution is 7.22. The van der Waals surface area contributed by atoms with Gasteiger partial charge in [-0.1, -0.05) is 164 Å². The van der Waals surface area contributed by atoms with Crippen molar-refractivity contribution in [3.63, 3.8) is 0 Å². The van der Waals surface area contributed by atoms with E-state index in [1.54, 1.807) is 0 Å². The fourth-order valence-corrected chi connectivity index (χ4v) is 9.82. The number of nitrogens with zero attached hydrogens (tertiary/aromatic N) is 3. The van der Waals surface area contributed by atoms with Gasteiger partial charge in [-0.2, -0.15) is 0 Å². The summed E-state index contributed by atoms with van der Waals surface area (Å²) in [4.78, 5) is 16.8. The van der Waals surface area contributed by atoms with E-state index in [9.17, 15) is 0 Å². The molecule has 2 aliphatic rings. The van der Waals surface area contributed by atoms with Gasteiger partial charge >= 0.3 is 0 Å². The Labute approximate surface area is 305 Å². The van der Waals surface area contributed by atoms with E-state index in [1.807, 2.05) is 35.6 Å². The van der Waals surface area contributed by atoms with E-state index in [0.717, 1.165) is 22.3 Å². The zero-order valence-electron chi connectivity index (χ0n) is 28.0. The smallest absolute Gasteiger partial charge is 0.164 e. The van der Waals surface area contributed by atoms with Gasteiger partial charge < -0.3 is 0 Å². The van der Waals surface area contributed by atoms with Crippen molar-refractivity contribution in [1.82, 2.24) is 15.0 Å². The lowest BCUT2D eigenvalue weighted by Crippen LogP contribution is -2.25. The van der Waals surface area contributed by atoms with Gasteiger partial charge in [0.1, 0.15) is 0 Å². The van der Waals surface area contributed by atoms with Crippen molar-refractivity contribution in [2.75, 3.05) is 0 Å². The first-order valence-corrected chi connectivity index (χ1v) is 18.4. The molecule has 2 aliphatic carbocycles. The normalized spacial score (nSPS) is 15.0. The van der Waals surface area contributed by atoms with Crippen molar-refractivity contribution in [3.05, 3.63) is 198 Å². The highest BCUT2D eigenvalue weighted by Crippen LogP contribution is 2.66. The molecule has 0 aliphatic heterocycles. The van der Waals surface area contributed by atoms with Gasteiger partial charge in [-0.25, -0.2) is 15.0 Å². The molecule has 1 spiro atoms. The van der Waals surface area contributed by atoms with E-state index in [-0.39, 0.29) is 0 Å². The number of rotatable bonds is 4. The fraction of sp³-hybridized carbons (Fsp3) is 0.0208. The van der Waals surface area contributed by atoms with Crippen LogP contribution in [0.2, 0.25) is 0 Å². The van der Waals surface area contributed by atoms with Gasteiger partial charge in [-0.15, -0.1) is 11.3 Å². The minimum Gasteiger partial charge on any atom is -0.208 e. The molecular formula is C48H29N3S. The quantitative estimate of drug-likeness (QED) is 0.186. The maximum absolute atomic E-state index is 5.20. The van der Waals surface area contributed by atoms with Crippen LogP contribution in [0.25, 0.3) is 76.9 Å². The Kier molecular flexibility index (Phi) is 6.34. The maximum Gasteiger partial charge on any atom is 0.164 e. The Morgan fingerprint density at radius 2 is 0.846 bits per heavy atom. The molecule has 0 N–H and O–H groups in total. The Hall–Kier alpha value is -6.49. The first kappa shape index (κ1) is 29.3. The standard InChI is InChI=1S/C48H29N3S/c1-3-13-30(14-4-1)31-23-25-33(26-24-31)46-49-45(32-15-5-2-6-16-32)50-47(51-46)34-27-28-36-35-17-7-10-20-39(35)48(41(36)29-34)40-21-11-8-18-37(40)44-43(48)38-19-9-12-22-42(38)52-44/h1-29H. The van der Waals surface area contributed by atoms with Crippen LogP contribution < -0.4 is 0 Å². The second-order valence-corrected chi connectivity index (χ2v) is 14.6. The molecule has 0 amide bonds. The molecule has 0 saturated heterocycles. The third kappa shape index (κ3) is 4.16. The average molecular weight is 680 g/mol. The average Bonchev–Trinajstić information content (AvgIpc) is 3.85. The molecular weight excluding hydrogens is 651 g/mol. The zero-order chi connectivity index (χ0) is 34.2. The lowest BCUT2D eigenvalue weighted by Gasteiger charge is -2.30. The summed E-state index contributed by atoms with van der Waals surface area (Å²) in [7, 11) is 0. The molecule has 52 heavy (non-hydrogen) atoms. The van der Waals surface area contributed by atoms with Crippen LogP contribution in [-0.2, 0) is 5.41 Å². The van der Waals surface area contributed by atoms with Crippen LogP contribution in [0, 0.1) is 0 Å². The molecule has 4 heteroatoms. The minimum absolute atomic E-state index is 0.459. The lowest BCUT2D eigenvalue weighted by molar-refractivity contribution is 0.802. The Balaban J connectivity index is 1.14. The highest BCUT2D eigenvalue weighted by atomic mass is 32.1. The monoisotopic (exact) mass is 679 g/mol. The fourth-order valence-electron chi connectivity index (χ4n) is 8.52. The molecule has 0 radical (unpaired) electrons. The van der Waals surface area contributed by atoms with Gasteiger partial charge in [0.15, 0.2) is 17.5 Å². The number of hydrogen-bond acceptors (Lipinski definition) is 4. The molecule has 3 nitrogen and oxygen atoms in total. The summed E-state index contributed by atoms with van der Waals surface area (Å²) in [6.45, 7) is 0.